The van der Waals surface area contributed by atoms with Gasteiger partial charge in [-0.15, -0.1) is 11.3 Å². The summed E-state index contributed by atoms with van der Waals surface area (Å²) >= 11 is 1.66. The van der Waals surface area contributed by atoms with Gasteiger partial charge in [0.15, 0.2) is 5.13 Å². The molecule has 2 aromatic rings. The smallest absolute Gasteiger partial charge is 0.229 e. The minimum Gasteiger partial charge on any atom is -0.335 e. The highest BCUT2D eigenvalue weighted by Gasteiger charge is 2.26. The van der Waals surface area contributed by atoms with Gasteiger partial charge in [0.1, 0.15) is 0 Å². The molecule has 6 heteroatoms. The number of anilines is 1. The Morgan fingerprint density at radius 2 is 2.09 bits per heavy atom. The topological polar surface area (TPSA) is 59.8 Å². The molecule has 3 heterocycles. The van der Waals surface area contributed by atoms with E-state index in [1.807, 2.05) is 18.7 Å². The highest BCUT2D eigenvalue weighted by molar-refractivity contribution is 7.15. The zero-order chi connectivity index (χ0) is 15.6. The molecule has 0 aromatic carbocycles. The van der Waals surface area contributed by atoms with Crippen LogP contribution in [-0.4, -0.2) is 20.4 Å². The van der Waals surface area contributed by atoms with Gasteiger partial charge in [0.05, 0.1) is 6.33 Å². The molecule has 2 aromatic heterocycles. The number of aryl methyl sites for hydroxylation is 1. The standard InChI is InChI=1S/C17H22N4OS/c22-16(13-6-7-21-11-18-9-14(21)8-13)20-17-19-10-15(23-17)12-4-2-1-3-5-12/h9-13H,1-8H2,(H,19,20,22). The molecule has 1 fully saturated rings. The highest BCUT2D eigenvalue weighted by atomic mass is 32.1. The molecule has 23 heavy (non-hydrogen) atoms. The number of fused-ring (bicyclic) bond motifs is 1. The predicted octanol–water partition coefficient (Wildman–Crippen LogP) is 3.59. The summed E-state index contributed by atoms with van der Waals surface area (Å²) in [4.78, 5) is 22.4. The number of carbonyl (C=O) groups is 1. The molecule has 1 saturated carbocycles. The summed E-state index contributed by atoms with van der Waals surface area (Å²) in [5.41, 5.74) is 1.15. The lowest BCUT2D eigenvalue weighted by atomic mass is 9.89. The van der Waals surface area contributed by atoms with Crippen LogP contribution in [0.1, 0.15) is 55.0 Å². The van der Waals surface area contributed by atoms with Crippen LogP contribution in [0, 0.1) is 5.92 Å². The van der Waals surface area contributed by atoms with Crippen LogP contribution < -0.4 is 5.32 Å². The molecule has 0 spiro atoms. The average Bonchev–Trinajstić information content (AvgIpc) is 3.24. The summed E-state index contributed by atoms with van der Waals surface area (Å²) in [7, 11) is 0. The maximum atomic E-state index is 12.5. The number of rotatable bonds is 3. The number of thiazole rings is 1. The first-order valence-corrected chi connectivity index (χ1v) is 9.37. The van der Waals surface area contributed by atoms with Crippen LogP contribution in [-0.2, 0) is 17.8 Å². The van der Waals surface area contributed by atoms with Crippen LogP contribution in [0.4, 0.5) is 5.13 Å². The third-order valence-corrected chi connectivity index (χ3v) is 6.18. The second-order valence-corrected chi connectivity index (χ2v) is 7.72. The van der Waals surface area contributed by atoms with Gasteiger partial charge in [-0.05, 0) is 25.2 Å². The fourth-order valence-corrected chi connectivity index (χ4v) is 4.71. The zero-order valence-corrected chi connectivity index (χ0v) is 14.0. The Hall–Kier alpha value is -1.69. The number of aromatic nitrogens is 3. The van der Waals surface area contributed by atoms with Crippen LogP contribution in [0.5, 0.6) is 0 Å². The molecule has 5 nitrogen and oxygen atoms in total. The van der Waals surface area contributed by atoms with E-state index in [1.54, 1.807) is 11.3 Å². The SMILES string of the molecule is O=C(Nc1ncc(C2CCCCC2)s1)C1CCn2cncc2C1. The van der Waals surface area contributed by atoms with E-state index < -0.39 is 0 Å². The van der Waals surface area contributed by atoms with Gasteiger partial charge in [-0.3, -0.25) is 4.79 Å². The fourth-order valence-electron chi connectivity index (χ4n) is 3.72. The van der Waals surface area contributed by atoms with Crippen LogP contribution in [0.3, 0.4) is 0 Å². The lowest BCUT2D eigenvalue weighted by molar-refractivity contribution is -0.120. The molecular weight excluding hydrogens is 308 g/mol. The molecule has 2 aliphatic rings. The molecule has 1 unspecified atom stereocenters. The zero-order valence-electron chi connectivity index (χ0n) is 13.2. The van der Waals surface area contributed by atoms with E-state index in [1.165, 1.54) is 37.0 Å². The van der Waals surface area contributed by atoms with Crippen molar-refractivity contribution in [3.8, 4) is 0 Å². The Kier molecular flexibility index (Phi) is 4.16. The monoisotopic (exact) mass is 330 g/mol. The maximum Gasteiger partial charge on any atom is 0.229 e. The van der Waals surface area contributed by atoms with E-state index in [-0.39, 0.29) is 11.8 Å². The lowest BCUT2D eigenvalue weighted by Crippen LogP contribution is -2.29. The van der Waals surface area contributed by atoms with Gasteiger partial charge in [0.25, 0.3) is 0 Å². The minimum atomic E-state index is 0.0289. The summed E-state index contributed by atoms with van der Waals surface area (Å²) in [6.45, 7) is 0.874. The molecular formula is C17H22N4OS. The van der Waals surface area contributed by atoms with E-state index in [9.17, 15) is 4.79 Å². The normalized spacial score (nSPS) is 21.8. The first-order chi connectivity index (χ1) is 11.3. The number of nitrogens with zero attached hydrogens (tertiary/aromatic N) is 3. The molecule has 0 bridgehead atoms. The molecule has 1 aliphatic carbocycles. The Balaban J connectivity index is 1.38. The second kappa shape index (κ2) is 6.43. The predicted molar refractivity (Wildman–Crippen MR) is 90.6 cm³/mol. The van der Waals surface area contributed by atoms with Crippen molar-refractivity contribution in [3.05, 3.63) is 29.3 Å². The van der Waals surface area contributed by atoms with Crippen LogP contribution in [0.25, 0.3) is 0 Å². The van der Waals surface area contributed by atoms with Gasteiger partial charge < -0.3 is 9.88 Å². The van der Waals surface area contributed by atoms with Gasteiger partial charge in [0.2, 0.25) is 5.91 Å². The Morgan fingerprint density at radius 1 is 1.22 bits per heavy atom. The molecule has 0 radical (unpaired) electrons. The number of hydrogen-bond donors (Lipinski definition) is 1. The van der Waals surface area contributed by atoms with Crippen molar-refractivity contribution < 1.29 is 4.79 Å². The second-order valence-electron chi connectivity index (χ2n) is 6.66. The average molecular weight is 330 g/mol. The fraction of sp³-hybridized carbons (Fsp3) is 0.588. The summed E-state index contributed by atoms with van der Waals surface area (Å²) in [6.07, 6.45) is 13.8. The summed E-state index contributed by atoms with van der Waals surface area (Å²) in [6, 6.07) is 0. The quantitative estimate of drug-likeness (QED) is 0.935. The van der Waals surface area contributed by atoms with Crippen molar-refractivity contribution in [2.45, 2.75) is 57.4 Å². The van der Waals surface area contributed by atoms with Gasteiger partial charge in [-0.25, -0.2) is 9.97 Å². The molecule has 0 saturated heterocycles. The molecule has 1 atom stereocenters. The van der Waals surface area contributed by atoms with E-state index in [0.29, 0.717) is 5.92 Å². The van der Waals surface area contributed by atoms with E-state index >= 15 is 0 Å². The van der Waals surface area contributed by atoms with Crippen molar-refractivity contribution in [2.24, 2.45) is 5.92 Å². The first-order valence-electron chi connectivity index (χ1n) is 8.55. The van der Waals surface area contributed by atoms with Gasteiger partial charge in [-0.1, -0.05) is 19.3 Å². The summed E-state index contributed by atoms with van der Waals surface area (Å²) in [5, 5.41) is 3.79. The Morgan fingerprint density at radius 3 is 2.96 bits per heavy atom. The number of hydrogen-bond acceptors (Lipinski definition) is 4. The van der Waals surface area contributed by atoms with Crippen molar-refractivity contribution in [1.82, 2.24) is 14.5 Å². The maximum absolute atomic E-state index is 12.5. The number of amides is 1. The molecule has 1 aliphatic heterocycles. The van der Waals surface area contributed by atoms with Gasteiger partial charge in [-0.2, -0.15) is 0 Å². The number of nitrogens with one attached hydrogen (secondary N) is 1. The Bertz CT molecular complexity index is 686. The number of carbonyl (C=O) groups excluding carboxylic acids is 1. The van der Waals surface area contributed by atoms with E-state index in [2.05, 4.69) is 19.9 Å². The van der Waals surface area contributed by atoms with Gasteiger partial charge in [0, 0.05) is 41.8 Å². The molecule has 1 N–H and O–H groups in total. The van der Waals surface area contributed by atoms with Crippen LogP contribution >= 0.6 is 11.3 Å². The van der Waals surface area contributed by atoms with Crippen LogP contribution in [0.15, 0.2) is 18.7 Å². The van der Waals surface area contributed by atoms with Gasteiger partial charge >= 0.3 is 0 Å². The van der Waals surface area contributed by atoms with E-state index in [0.717, 1.165) is 30.2 Å². The number of imidazole rings is 1. The third kappa shape index (κ3) is 3.17. The third-order valence-electron chi connectivity index (χ3n) is 5.10. The highest BCUT2D eigenvalue weighted by Crippen LogP contribution is 2.36. The molecule has 122 valence electrons. The largest absolute Gasteiger partial charge is 0.335 e. The summed E-state index contributed by atoms with van der Waals surface area (Å²) < 4.78 is 2.13. The van der Waals surface area contributed by atoms with E-state index in [4.69, 9.17) is 0 Å². The first kappa shape index (κ1) is 14.9. The van der Waals surface area contributed by atoms with Crippen molar-refractivity contribution >= 4 is 22.4 Å². The van der Waals surface area contributed by atoms with Crippen molar-refractivity contribution in [3.63, 3.8) is 0 Å². The van der Waals surface area contributed by atoms with Crippen molar-refractivity contribution in [1.29, 1.82) is 0 Å². The minimum absolute atomic E-state index is 0.0289. The van der Waals surface area contributed by atoms with Crippen LogP contribution in [0.2, 0.25) is 0 Å². The van der Waals surface area contributed by atoms with Crippen molar-refractivity contribution in [2.75, 3.05) is 5.32 Å². The molecule has 1 amide bonds. The Labute approximate surface area is 140 Å². The summed E-state index contributed by atoms with van der Waals surface area (Å²) in [5.74, 6) is 0.777. The molecule has 4 rings (SSSR count). The lowest BCUT2D eigenvalue weighted by Gasteiger charge is -2.22.